The maximum atomic E-state index is 4.54. The van der Waals surface area contributed by atoms with Crippen molar-refractivity contribution in [2.24, 2.45) is 0 Å². The lowest BCUT2D eigenvalue weighted by atomic mass is 10.2. The Labute approximate surface area is 88.1 Å². The first-order valence-electron chi connectivity index (χ1n) is 4.82. The molecule has 2 aromatic rings. The summed E-state index contributed by atoms with van der Waals surface area (Å²) >= 11 is 1.75. The number of hydrogen-bond donors (Lipinski definition) is 0. The monoisotopic (exact) mass is 203 g/mol. The minimum Gasteiger partial charge on any atom is -0.237 e. The van der Waals surface area contributed by atoms with Crippen LogP contribution in [0.1, 0.15) is 25.3 Å². The van der Waals surface area contributed by atoms with E-state index in [1.165, 1.54) is 10.3 Å². The van der Waals surface area contributed by atoms with Crippen LogP contribution in [0.4, 0.5) is 0 Å². The molecular formula is C12H13NS. The second-order valence-corrected chi connectivity index (χ2v) is 4.43. The smallest absolute Gasteiger partial charge is 0.117 e. The quantitative estimate of drug-likeness (QED) is 0.715. The molecule has 0 saturated heterocycles. The normalized spacial score (nSPS) is 12.3. The third-order valence-corrected chi connectivity index (χ3v) is 3.22. The lowest BCUT2D eigenvalue weighted by Gasteiger charge is -1.90. The molecule has 2 rings (SSSR count). The van der Waals surface area contributed by atoms with Crippen molar-refractivity contribution in [2.75, 3.05) is 0 Å². The van der Waals surface area contributed by atoms with Crippen LogP contribution in [-0.2, 0) is 0 Å². The van der Waals surface area contributed by atoms with Crippen molar-refractivity contribution in [1.29, 1.82) is 0 Å². The summed E-state index contributed by atoms with van der Waals surface area (Å²) in [5, 5.41) is 1.12. The zero-order valence-electron chi connectivity index (χ0n) is 8.45. The van der Waals surface area contributed by atoms with Crippen LogP contribution in [0.25, 0.3) is 16.3 Å². The Morgan fingerprint density at radius 3 is 2.93 bits per heavy atom. The first-order chi connectivity index (χ1) is 6.79. The van der Waals surface area contributed by atoms with Crippen LogP contribution in [0.2, 0.25) is 0 Å². The molecule has 1 aromatic heterocycles. The topological polar surface area (TPSA) is 12.9 Å². The standard InChI is InChI=1S/C12H13NS/c1-3-9(2)8-12-13-10-6-4-5-7-11(10)14-12/h4-8H,3H2,1-2H3. The molecule has 0 saturated carbocycles. The van der Waals surface area contributed by atoms with Crippen molar-refractivity contribution in [2.45, 2.75) is 20.3 Å². The molecule has 0 aliphatic heterocycles. The molecule has 0 aliphatic carbocycles. The van der Waals surface area contributed by atoms with E-state index >= 15 is 0 Å². The average Bonchev–Trinajstić information content (AvgIpc) is 2.59. The summed E-state index contributed by atoms with van der Waals surface area (Å²) in [5.74, 6) is 0. The van der Waals surface area contributed by atoms with Crippen LogP contribution in [0, 0.1) is 0 Å². The minimum atomic E-state index is 1.09. The van der Waals surface area contributed by atoms with E-state index < -0.39 is 0 Å². The van der Waals surface area contributed by atoms with Crippen LogP contribution in [0.15, 0.2) is 29.8 Å². The number of thiazole rings is 1. The van der Waals surface area contributed by atoms with E-state index in [0.29, 0.717) is 0 Å². The predicted molar refractivity (Wildman–Crippen MR) is 63.6 cm³/mol. The molecular weight excluding hydrogens is 190 g/mol. The number of allylic oxidation sites excluding steroid dienone is 1. The molecule has 1 aromatic carbocycles. The van der Waals surface area contributed by atoms with Gasteiger partial charge in [-0.2, -0.15) is 0 Å². The van der Waals surface area contributed by atoms with Crippen LogP contribution >= 0.6 is 11.3 Å². The van der Waals surface area contributed by atoms with Crippen molar-refractivity contribution < 1.29 is 0 Å². The lowest BCUT2D eigenvalue weighted by Crippen LogP contribution is -1.72. The number of rotatable bonds is 2. The number of fused-ring (bicyclic) bond motifs is 1. The fourth-order valence-corrected chi connectivity index (χ4v) is 2.26. The maximum Gasteiger partial charge on any atom is 0.117 e. The molecule has 1 nitrogen and oxygen atoms in total. The van der Waals surface area contributed by atoms with Gasteiger partial charge in [0.05, 0.1) is 10.2 Å². The van der Waals surface area contributed by atoms with Gasteiger partial charge in [-0.25, -0.2) is 4.98 Å². The highest BCUT2D eigenvalue weighted by molar-refractivity contribution is 7.19. The summed E-state index contributed by atoms with van der Waals surface area (Å²) in [6.07, 6.45) is 3.26. The molecule has 0 N–H and O–H groups in total. The Bertz CT molecular complexity index is 435. The van der Waals surface area contributed by atoms with Gasteiger partial charge in [0.15, 0.2) is 0 Å². The molecule has 72 valence electrons. The number of hydrogen-bond acceptors (Lipinski definition) is 2. The van der Waals surface area contributed by atoms with Gasteiger partial charge in [0, 0.05) is 0 Å². The van der Waals surface area contributed by atoms with Crippen molar-refractivity contribution in [1.82, 2.24) is 4.98 Å². The fraction of sp³-hybridized carbons (Fsp3) is 0.250. The predicted octanol–water partition coefficient (Wildman–Crippen LogP) is 4.11. The zero-order chi connectivity index (χ0) is 9.97. The molecule has 2 heteroatoms. The van der Waals surface area contributed by atoms with E-state index in [1.54, 1.807) is 11.3 Å². The van der Waals surface area contributed by atoms with Gasteiger partial charge in [-0.1, -0.05) is 24.6 Å². The molecule has 0 unspecified atom stereocenters. The summed E-state index contributed by atoms with van der Waals surface area (Å²) in [4.78, 5) is 4.54. The summed E-state index contributed by atoms with van der Waals surface area (Å²) in [5.41, 5.74) is 2.48. The van der Waals surface area contributed by atoms with Crippen molar-refractivity contribution >= 4 is 27.6 Å². The Hall–Kier alpha value is -1.15. The number of para-hydroxylation sites is 1. The highest BCUT2D eigenvalue weighted by Gasteiger charge is 1.99. The fourth-order valence-electron chi connectivity index (χ4n) is 1.26. The maximum absolute atomic E-state index is 4.54. The van der Waals surface area contributed by atoms with Gasteiger partial charge in [0.25, 0.3) is 0 Å². The van der Waals surface area contributed by atoms with Crippen LogP contribution < -0.4 is 0 Å². The second-order valence-electron chi connectivity index (χ2n) is 3.36. The molecule has 0 fully saturated rings. The van der Waals surface area contributed by atoms with Crippen LogP contribution in [0.5, 0.6) is 0 Å². The molecule has 0 spiro atoms. The molecule has 1 heterocycles. The van der Waals surface area contributed by atoms with Gasteiger partial charge in [-0.3, -0.25) is 0 Å². The van der Waals surface area contributed by atoms with Crippen molar-refractivity contribution in [3.05, 3.63) is 34.8 Å². The summed E-state index contributed by atoms with van der Waals surface area (Å²) in [6.45, 7) is 4.31. The Morgan fingerprint density at radius 1 is 1.43 bits per heavy atom. The first kappa shape index (κ1) is 9.41. The van der Waals surface area contributed by atoms with Gasteiger partial charge in [0.1, 0.15) is 5.01 Å². The largest absolute Gasteiger partial charge is 0.237 e. The van der Waals surface area contributed by atoms with Crippen LogP contribution in [-0.4, -0.2) is 4.98 Å². The van der Waals surface area contributed by atoms with E-state index in [2.05, 4.69) is 43.1 Å². The van der Waals surface area contributed by atoms with E-state index in [-0.39, 0.29) is 0 Å². The number of nitrogens with zero attached hydrogens (tertiary/aromatic N) is 1. The zero-order valence-corrected chi connectivity index (χ0v) is 9.27. The minimum absolute atomic E-state index is 1.09. The highest BCUT2D eigenvalue weighted by atomic mass is 32.1. The Balaban J connectivity index is 2.45. The molecule has 14 heavy (non-hydrogen) atoms. The van der Waals surface area contributed by atoms with Gasteiger partial charge in [-0.15, -0.1) is 11.3 Å². The molecule has 0 amide bonds. The van der Waals surface area contributed by atoms with Crippen molar-refractivity contribution in [3.63, 3.8) is 0 Å². The summed E-state index contributed by atoms with van der Waals surface area (Å²) in [7, 11) is 0. The lowest BCUT2D eigenvalue weighted by molar-refractivity contribution is 1.11. The highest BCUT2D eigenvalue weighted by Crippen LogP contribution is 2.23. The van der Waals surface area contributed by atoms with Gasteiger partial charge < -0.3 is 0 Å². The van der Waals surface area contributed by atoms with E-state index in [9.17, 15) is 0 Å². The molecule has 0 atom stereocenters. The summed E-state index contributed by atoms with van der Waals surface area (Å²) < 4.78 is 1.27. The average molecular weight is 203 g/mol. The van der Waals surface area contributed by atoms with Crippen LogP contribution in [0.3, 0.4) is 0 Å². The number of benzene rings is 1. The number of aromatic nitrogens is 1. The summed E-state index contributed by atoms with van der Waals surface area (Å²) in [6, 6.07) is 8.26. The third-order valence-electron chi connectivity index (χ3n) is 2.24. The Morgan fingerprint density at radius 2 is 2.21 bits per heavy atom. The molecule has 0 radical (unpaired) electrons. The van der Waals surface area contributed by atoms with Gasteiger partial charge >= 0.3 is 0 Å². The van der Waals surface area contributed by atoms with Gasteiger partial charge in [-0.05, 0) is 31.6 Å². The van der Waals surface area contributed by atoms with Crippen molar-refractivity contribution in [3.8, 4) is 0 Å². The second kappa shape index (κ2) is 3.93. The van der Waals surface area contributed by atoms with E-state index in [0.717, 1.165) is 16.9 Å². The molecule has 0 bridgehead atoms. The van der Waals surface area contributed by atoms with E-state index in [4.69, 9.17) is 0 Å². The Kier molecular flexibility index (Phi) is 2.64. The van der Waals surface area contributed by atoms with Gasteiger partial charge in [0.2, 0.25) is 0 Å². The van der Waals surface area contributed by atoms with E-state index in [1.807, 2.05) is 6.07 Å². The first-order valence-corrected chi connectivity index (χ1v) is 5.64. The molecule has 0 aliphatic rings. The SMILES string of the molecule is CCC(C)=Cc1nc2ccccc2s1. The third kappa shape index (κ3) is 1.85.